The van der Waals surface area contributed by atoms with Crippen LogP contribution in [0.4, 0.5) is 5.69 Å². The van der Waals surface area contributed by atoms with E-state index in [1.807, 2.05) is 30.3 Å². The number of rotatable bonds is 5. The Kier molecular flexibility index (Phi) is 6.45. The van der Waals surface area contributed by atoms with Crippen molar-refractivity contribution in [2.24, 2.45) is 4.99 Å². The fourth-order valence-electron chi connectivity index (χ4n) is 1.70. The van der Waals surface area contributed by atoms with Gasteiger partial charge in [-0.25, -0.2) is 10.5 Å². The average molecular weight is 335 g/mol. The van der Waals surface area contributed by atoms with Crippen LogP contribution in [-0.4, -0.2) is 18.6 Å². The highest BCUT2D eigenvalue weighted by molar-refractivity contribution is 8.13. The third-order valence-corrected chi connectivity index (χ3v) is 3.94. The van der Waals surface area contributed by atoms with Gasteiger partial charge in [0.05, 0.1) is 12.8 Å². The first-order valence-corrected chi connectivity index (χ1v) is 7.88. The Balaban J connectivity index is 2.13. The first-order valence-electron chi connectivity index (χ1n) is 6.52. The fourth-order valence-corrected chi connectivity index (χ4v) is 2.63. The molecule has 0 saturated carbocycles. The summed E-state index contributed by atoms with van der Waals surface area (Å²) in [6.45, 7) is 0. The van der Waals surface area contributed by atoms with Crippen LogP contribution in [0.3, 0.4) is 0 Å². The molecule has 0 bridgehead atoms. The van der Waals surface area contributed by atoms with Crippen molar-refractivity contribution in [1.29, 1.82) is 0 Å². The summed E-state index contributed by atoms with van der Waals surface area (Å²) >= 11 is 7.34. The number of halogens is 1. The number of hydrogen-bond donors (Lipinski definition) is 1. The summed E-state index contributed by atoms with van der Waals surface area (Å²) in [5.74, 6) is 0.704. The van der Waals surface area contributed by atoms with E-state index < -0.39 is 0 Å². The van der Waals surface area contributed by atoms with Crippen LogP contribution in [0.15, 0.2) is 53.5 Å². The molecule has 2 aromatic carbocycles. The van der Waals surface area contributed by atoms with E-state index in [-0.39, 0.29) is 0 Å². The van der Waals surface area contributed by atoms with Gasteiger partial charge in [-0.3, -0.25) is 9.63 Å². The van der Waals surface area contributed by atoms with Crippen LogP contribution >= 0.6 is 23.4 Å². The molecule has 0 fully saturated rings. The van der Waals surface area contributed by atoms with Crippen LogP contribution in [0.2, 0.25) is 5.02 Å². The highest BCUT2D eigenvalue weighted by Gasteiger charge is 2.05. The van der Waals surface area contributed by atoms with Crippen molar-refractivity contribution in [3.8, 4) is 0 Å². The zero-order chi connectivity index (χ0) is 15.8. The zero-order valence-electron chi connectivity index (χ0n) is 12.0. The lowest BCUT2D eigenvalue weighted by molar-refractivity contribution is 0.112. The Morgan fingerprint density at radius 2 is 2.00 bits per heavy atom. The molecule has 4 nitrogen and oxygen atoms in total. The molecule has 0 heterocycles. The van der Waals surface area contributed by atoms with Gasteiger partial charge in [0.15, 0.2) is 11.5 Å². The molecule has 22 heavy (non-hydrogen) atoms. The number of hydrogen-bond acceptors (Lipinski definition) is 4. The van der Waals surface area contributed by atoms with Gasteiger partial charge in [0.2, 0.25) is 0 Å². The normalized spacial score (nSPS) is 11.3. The van der Waals surface area contributed by atoms with Crippen molar-refractivity contribution in [3.05, 3.63) is 64.7 Å². The van der Waals surface area contributed by atoms with Gasteiger partial charge in [-0.1, -0.05) is 47.6 Å². The number of thioether (sulfide) groups is 1. The third kappa shape index (κ3) is 4.87. The molecule has 2 rings (SSSR count). The second-order valence-electron chi connectivity index (χ2n) is 4.31. The topological polar surface area (TPSA) is 50.7 Å². The summed E-state index contributed by atoms with van der Waals surface area (Å²) in [7, 11) is 1.52. The van der Waals surface area contributed by atoms with Gasteiger partial charge < -0.3 is 0 Å². The lowest BCUT2D eigenvalue weighted by atomic mass is 10.2. The third-order valence-electron chi connectivity index (χ3n) is 2.76. The smallest absolute Gasteiger partial charge is 0.186 e. The first-order chi connectivity index (χ1) is 10.7. The Bertz CT molecular complexity index is 659. The molecule has 0 aliphatic heterocycles. The number of aldehydes is 1. The molecule has 1 N–H and O–H groups in total. The molecule has 2 aromatic rings. The minimum absolute atomic E-state index is 0.532. The van der Waals surface area contributed by atoms with Gasteiger partial charge in [-0.05, 0) is 29.8 Å². The van der Waals surface area contributed by atoms with E-state index in [2.05, 4.69) is 10.5 Å². The number of nitrogens with zero attached hydrogens (tertiary/aromatic N) is 1. The summed E-state index contributed by atoms with van der Waals surface area (Å²) in [5.41, 5.74) is 4.98. The maximum atomic E-state index is 11.0. The summed E-state index contributed by atoms with van der Waals surface area (Å²) < 4.78 is 0. The predicted molar refractivity (Wildman–Crippen MR) is 91.8 cm³/mol. The zero-order valence-corrected chi connectivity index (χ0v) is 13.5. The fraction of sp³-hybridized carbons (Fsp3) is 0.125. The molecule has 0 radical (unpaired) electrons. The van der Waals surface area contributed by atoms with Gasteiger partial charge in [-0.2, -0.15) is 0 Å². The van der Waals surface area contributed by atoms with Crippen LogP contribution in [0.5, 0.6) is 0 Å². The van der Waals surface area contributed by atoms with Crippen molar-refractivity contribution in [1.82, 2.24) is 5.48 Å². The number of hydroxylamine groups is 1. The van der Waals surface area contributed by atoms with Crippen molar-refractivity contribution in [3.63, 3.8) is 0 Å². The highest BCUT2D eigenvalue weighted by atomic mass is 35.5. The van der Waals surface area contributed by atoms with Crippen molar-refractivity contribution in [2.75, 3.05) is 7.11 Å². The van der Waals surface area contributed by atoms with Gasteiger partial charge >= 0.3 is 0 Å². The van der Waals surface area contributed by atoms with Crippen LogP contribution in [-0.2, 0) is 10.6 Å². The minimum atomic E-state index is 0.532. The Morgan fingerprint density at radius 1 is 1.27 bits per heavy atom. The van der Waals surface area contributed by atoms with Crippen LogP contribution in [0.25, 0.3) is 0 Å². The molecule has 0 saturated heterocycles. The lowest BCUT2D eigenvalue weighted by Crippen LogP contribution is -2.18. The Morgan fingerprint density at radius 3 is 2.68 bits per heavy atom. The van der Waals surface area contributed by atoms with E-state index in [4.69, 9.17) is 16.4 Å². The minimum Gasteiger partial charge on any atom is -0.298 e. The van der Waals surface area contributed by atoms with Crippen molar-refractivity contribution in [2.45, 2.75) is 5.75 Å². The van der Waals surface area contributed by atoms with Gasteiger partial charge in [0, 0.05) is 16.3 Å². The molecule has 0 atom stereocenters. The Labute approximate surface area is 138 Å². The molecule has 0 amide bonds. The predicted octanol–water partition coefficient (Wildman–Crippen LogP) is 4.22. The SMILES string of the molecule is CONC(=Nc1ccccc1C=O)SCc1ccc(Cl)cc1. The number of para-hydroxylation sites is 1. The number of amidine groups is 1. The maximum absolute atomic E-state index is 11.0. The lowest BCUT2D eigenvalue weighted by Gasteiger charge is -2.08. The molecular formula is C16H15ClN2O2S. The van der Waals surface area contributed by atoms with Crippen LogP contribution in [0, 0.1) is 0 Å². The molecule has 0 aliphatic carbocycles. The summed E-state index contributed by atoms with van der Waals surface area (Å²) in [4.78, 5) is 20.4. The molecule has 0 unspecified atom stereocenters. The second-order valence-corrected chi connectivity index (χ2v) is 5.72. The quantitative estimate of drug-likeness (QED) is 0.385. The van der Waals surface area contributed by atoms with Gasteiger partial charge in [0.1, 0.15) is 0 Å². The van der Waals surface area contributed by atoms with E-state index in [1.54, 1.807) is 18.2 Å². The van der Waals surface area contributed by atoms with Gasteiger partial charge in [0.25, 0.3) is 0 Å². The maximum Gasteiger partial charge on any atom is 0.186 e. The van der Waals surface area contributed by atoms with E-state index >= 15 is 0 Å². The van der Waals surface area contributed by atoms with Crippen LogP contribution in [0.1, 0.15) is 15.9 Å². The van der Waals surface area contributed by atoms with Crippen LogP contribution < -0.4 is 5.48 Å². The van der Waals surface area contributed by atoms with Gasteiger partial charge in [-0.15, -0.1) is 0 Å². The molecule has 0 spiro atoms. The monoisotopic (exact) mass is 334 g/mol. The second kappa shape index (κ2) is 8.58. The molecule has 6 heteroatoms. The number of carbonyl (C=O) groups is 1. The van der Waals surface area contributed by atoms with E-state index in [1.165, 1.54) is 18.9 Å². The van der Waals surface area contributed by atoms with Crippen molar-refractivity contribution >= 4 is 40.5 Å². The molecule has 0 aliphatic rings. The Hall–Kier alpha value is -1.82. The van der Waals surface area contributed by atoms with Crippen molar-refractivity contribution < 1.29 is 9.63 Å². The number of aliphatic imine (C=N–C) groups is 1. The highest BCUT2D eigenvalue weighted by Crippen LogP contribution is 2.21. The molecular weight excluding hydrogens is 320 g/mol. The standard InChI is InChI=1S/C16H15ClN2O2S/c1-21-19-16(18-15-5-3-2-4-13(15)10-20)22-11-12-6-8-14(17)9-7-12/h2-10H,11H2,1H3,(H,18,19). The molecule has 0 aromatic heterocycles. The summed E-state index contributed by atoms with van der Waals surface area (Å²) in [6, 6.07) is 14.7. The molecule has 114 valence electrons. The number of carbonyl (C=O) groups excluding carboxylic acids is 1. The van der Waals surface area contributed by atoms with E-state index in [0.29, 0.717) is 27.2 Å². The first kappa shape index (κ1) is 16.5. The van der Waals surface area contributed by atoms with E-state index in [0.717, 1.165) is 11.8 Å². The summed E-state index contributed by atoms with van der Waals surface area (Å²) in [5, 5.41) is 1.28. The average Bonchev–Trinajstić information content (AvgIpc) is 2.55. The number of nitrogens with one attached hydrogen (secondary N) is 1. The van der Waals surface area contributed by atoms with E-state index in [9.17, 15) is 4.79 Å². The number of benzene rings is 2. The largest absolute Gasteiger partial charge is 0.298 e. The summed E-state index contributed by atoms with van der Waals surface area (Å²) in [6.07, 6.45) is 0.785.